The standard InChI is InChI=1S/C19H17ClN4O2S/c1-23-12-18(21-13-23)27(25,26)24-11-17(14-5-3-2-4-6-14)19(22-24)15-7-9-16(20)10-8-15/h2-10,12-13,17H,11H2,1H3/t17-/m1/s1. The SMILES string of the molecule is Cn1cnc(S(=O)(=O)N2C[C@H](c3ccccc3)C(c3ccc(Cl)cc3)=N2)c1. The number of benzene rings is 2. The Bertz CT molecular complexity index is 1090. The Kier molecular flexibility index (Phi) is 4.49. The molecular weight excluding hydrogens is 384 g/mol. The number of aromatic nitrogens is 2. The van der Waals surface area contributed by atoms with Crippen LogP contribution in [-0.4, -0.2) is 34.6 Å². The number of hydrogen-bond acceptors (Lipinski definition) is 4. The number of nitrogens with zero attached hydrogens (tertiary/aromatic N) is 4. The van der Waals surface area contributed by atoms with E-state index in [9.17, 15) is 8.42 Å². The lowest BCUT2D eigenvalue weighted by Crippen LogP contribution is -2.26. The Morgan fingerprint density at radius 3 is 2.41 bits per heavy atom. The van der Waals surface area contributed by atoms with Gasteiger partial charge in [-0.05, 0) is 23.3 Å². The number of rotatable bonds is 4. The van der Waals surface area contributed by atoms with Crippen LogP contribution in [0.4, 0.5) is 0 Å². The van der Waals surface area contributed by atoms with Gasteiger partial charge < -0.3 is 4.57 Å². The molecule has 2 aromatic carbocycles. The van der Waals surface area contributed by atoms with Gasteiger partial charge in [0.15, 0.2) is 5.03 Å². The van der Waals surface area contributed by atoms with E-state index >= 15 is 0 Å². The molecular formula is C19H17ClN4O2S. The minimum Gasteiger partial charge on any atom is -0.339 e. The highest BCUT2D eigenvalue weighted by atomic mass is 35.5. The fourth-order valence-corrected chi connectivity index (χ4v) is 4.45. The molecule has 0 amide bonds. The first-order valence-corrected chi connectivity index (χ1v) is 10.2. The van der Waals surface area contributed by atoms with Gasteiger partial charge >= 0.3 is 0 Å². The van der Waals surface area contributed by atoms with Crippen molar-refractivity contribution in [2.45, 2.75) is 10.9 Å². The normalized spacial score (nSPS) is 17.2. The van der Waals surface area contributed by atoms with Gasteiger partial charge in [-0.15, -0.1) is 0 Å². The minimum absolute atomic E-state index is 0.0158. The molecule has 0 saturated carbocycles. The van der Waals surface area contributed by atoms with E-state index in [0.29, 0.717) is 10.7 Å². The van der Waals surface area contributed by atoms with Gasteiger partial charge in [0.05, 0.1) is 18.6 Å². The average Bonchev–Trinajstić information content (AvgIpc) is 3.30. The number of imidazole rings is 1. The third-order valence-electron chi connectivity index (χ3n) is 4.45. The zero-order valence-corrected chi connectivity index (χ0v) is 16.1. The predicted octanol–water partition coefficient (Wildman–Crippen LogP) is 3.27. The van der Waals surface area contributed by atoms with Crippen molar-refractivity contribution in [1.29, 1.82) is 0 Å². The first kappa shape index (κ1) is 17.8. The molecule has 0 fully saturated rings. The zero-order valence-electron chi connectivity index (χ0n) is 14.5. The fourth-order valence-electron chi connectivity index (χ4n) is 3.08. The Balaban J connectivity index is 1.78. The smallest absolute Gasteiger partial charge is 0.298 e. The third-order valence-corrected chi connectivity index (χ3v) is 6.23. The number of aryl methyl sites for hydroxylation is 1. The highest BCUT2D eigenvalue weighted by Gasteiger charge is 2.36. The minimum atomic E-state index is -3.82. The molecule has 1 aliphatic rings. The van der Waals surface area contributed by atoms with Crippen LogP contribution in [0.15, 0.2) is 77.2 Å². The van der Waals surface area contributed by atoms with Crippen molar-refractivity contribution in [3.8, 4) is 0 Å². The molecule has 0 saturated heterocycles. The first-order valence-electron chi connectivity index (χ1n) is 8.35. The number of hydrogen-bond donors (Lipinski definition) is 0. The summed E-state index contributed by atoms with van der Waals surface area (Å²) in [5.74, 6) is -0.175. The molecule has 8 heteroatoms. The molecule has 27 heavy (non-hydrogen) atoms. The summed E-state index contributed by atoms with van der Waals surface area (Å²) in [4.78, 5) is 3.99. The summed E-state index contributed by atoms with van der Waals surface area (Å²) in [6.07, 6.45) is 2.93. The van der Waals surface area contributed by atoms with Crippen LogP contribution in [0.5, 0.6) is 0 Å². The van der Waals surface area contributed by atoms with Crippen molar-refractivity contribution < 1.29 is 8.42 Å². The fraction of sp³-hybridized carbons (Fsp3) is 0.158. The molecule has 3 aromatic rings. The summed E-state index contributed by atoms with van der Waals surface area (Å²) in [5.41, 5.74) is 2.54. The summed E-state index contributed by atoms with van der Waals surface area (Å²) in [7, 11) is -2.09. The summed E-state index contributed by atoms with van der Waals surface area (Å²) >= 11 is 6.00. The van der Waals surface area contributed by atoms with Crippen LogP contribution in [0.3, 0.4) is 0 Å². The molecule has 0 spiro atoms. The van der Waals surface area contributed by atoms with E-state index in [1.807, 2.05) is 42.5 Å². The number of sulfonamides is 1. The molecule has 1 aromatic heterocycles. The van der Waals surface area contributed by atoms with E-state index < -0.39 is 10.0 Å². The maximum Gasteiger partial charge on any atom is 0.298 e. The Morgan fingerprint density at radius 2 is 1.78 bits per heavy atom. The van der Waals surface area contributed by atoms with Crippen LogP contribution in [0.2, 0.25) is 5.02 Å². The summed E-state index contributed by atoms with van der Waals surface area (Å²) in [6.45, 7) is 0.223. The number of halogens is 1. The topological polar surface area (TPSA) is 67.6 Å². The molecule has 0 radical (unpaired) electrons. The average molecular weight is 401 g/mol. The lowest BCUT2D eigenvalue weighted by atomic mass is 9.91. The van der Waals surface area contributed by atoms with Crippen LogP contribution in [0.1, 0.15) is 17.0 Å². The lowest BCUT2D eigenvalue weighted by Gasteiger charge is -2.15. The van der Waals surface area contributed by atoms with Crippen LogP contribution in [0, 0.1) is 0 Å². The third kappa shape index (κ3) is 3.36. The summed E-state index contributed by atoms with van der Waals surface area (Å²) in [5, 5.41) is 5.07. The van der Waals surface area contributed by atoms with Gasteiger partial charge in [0, 0.05) is 24.2 Å². The summed E-state index contributed by atoms with van der Waals surface area (Å²) in [6, 6.07) is 17.0. The van der Waals surface area contributed by atoms with E-state index in [4.69, 9.17) is 11.6 Å². The quantitative estimate of drug-likeness (QED) is 0.675. The van der Waals surface area contributed by atoms with Gasteiger partial charge in [0.2, 0.25) is 0 Å². The zero-order chi connectivity index (χ0) is 19.0. The number of hydrazone groups is 1. The second-order valence-electron chi connectivity index (χ2n) is 6.34. The van der Waals surface area contributed by atoms with Gasteiger partial charge in [0.25, 0.3) is 10.0 Å². The van der Waals surface area contributed by atoms with Gasteiger partial charge in [-0.2, -0.15) is 17.9 Å². The van der Waals surface area contributed by atoms with E-state index in [0.717, 1.165) is 15.5 Å². The molecule has 0 aliphatic carbocycles. The van der Waals surface area contributed by atoms with Crippen LogP contribution in [0.25, 0.3) is 0 Å². The van der Waals surface area contributed by atoms with E-state index in [-0.39, 0.29) is 17.5 Å². The van der Waals surface area contributed by atoms with Crippen LogP contribution < -0.4 is 0 Å². The Morgan fingerprint density at radius 1 is 1.07 bits per heavy atom. The van der Waals surface area contributed by atoms with Crippen molar-refractivity contribution in [2.75, 3.05) is 6.54 Å². The molecule has 0 bridgehead atoms. The van der Waals surface area contributed by atoms with Gasteiger partial charge in [0.1, 0.15) is 0 Å². The van der Waals surface area contributed by atoms with Gasteiger partial charge in [-0.1, -0.05) is 54.1 Å². The van der Waals surface area contributed by atoms with Crippen molar-refractivity contribution in [3.63, 3.8) is 0 Å². The van der Waals surface area contributed by atoms with Crippen LogP contribution in [-0.2, 0) is 17.1 Å². The van der Waals surface area contributed by atoms with Gasteiger partial charge in [-0.3, -0.25) is 0 Å². The van der Waals surface area contributed by atoms with Crippen molar-refractivity contribution in [2.24, 2.45) is 12.1 Å². The maximum absolute atomic E-state index is 13.0. The monoisotopic (exact) mass is 400 g/mol. The molecule has 6 nitrogen and oxygen atoms in total. The van der Waals surface area contributed by atoms with E-state index in [2.05, 4.69) is 10.1 Å². The molecule has 138 valence electrons. The van der Waals surface area contributed by atoms with Gasteiger partial charge in [-0.25, -0.2) is 4.98 Å². The summed E-state index contributed by atoms with van der Waals surface area (Å²) < 4.78 is 28.7. The van der Waals surface area contributed by atoms with Crippen LogP contribution >= 0.6 is 11.6 Å². The van der Waals surface area contributed by atoms with Crippen molar-refractivity contribution >= 4 is 27.3 Å². The van der Waals surface area contributed by atoms with Crippen molar-refractivity contribution in [3.05, 3.63) is 83.3 Å². The Hall–Kier alpha value is -2.64. The lowest BCUT2D eigenvalue weighted by molar-refractivity contribution is 0.449. The molecule has 1 aliphatic heterocycles. The molecule has 2 heterocycles. The second-order valence-corrected chi connectivity index (χ2v) is 8.57. The Labute approximate surface area is 162 Å². The van der Waals surface area contributed by atoms with Crippen molar-refractivity contribution in [1.82, 2.24) is 14.0 Å². The van der Waals surface area contributed by atoms with E-state index in [1.54, 1.807) is 23.7 Å². The first-order chi connectivity index (χ1) is 12.9. The highest BCUT2D eigenvalue weighted by Crippen LogP contribution is 2.32. The molecule has 4 rings (SSSR count). The molecule has 0 N–H and O–H groups in total. The maximum atomic E-state index is 13.0. The second kappa shape index (κ2) is 6.83. The highest BCUT2D eigenvalue weighted by molar-refractivity contribution is 7.89. The largest absolute Gasteiger partial charge is 0.339 e. The molecule has 1 atom stereocenters. The van der Waals surface area contributed by atoms with E-state index in [1.165, 1.54) is 12.5 Å². The molecule has 0 unspecified atom stereocenters. The predicted molar refractivity (Wildman–Crippen MR) is 104 cm³/mol.